The smallest absolute Gasteiger partial charge is 0.104 e. The van der Waals surface area contributed by atoms with E-state index in [1.54, 1.807) is 6.26 Å². The molecule has 0 aliphatic carbocycles. The molecular weight excluding hydrogens is 264 g/mol. The molecule has 16 heavy (non-hydrogen) atoms. The van der Waals surface area contributed by atoms with E-state index < -0.39 is 0 Å². The topological polar surface area (TPSA) is 13.1 Å². The zero-order valence-corrected chi connectivity index (χ0v) is 11.3. The number of hydrogen-bond acceptors (Lipinski definition) is 1. The van der Waals surface area contributed by atoms with Crippen LogP contribution in [0.1, 0.15) is 25.2 Å². The summed E-state index contributed by atoms with van der Waals surface area (Å²) >= 11 is 3.42. The molecule has 0 unspecified atom stereocenters. The Morgan fingerprint density at radius 3 is 2.25 bits per heavy atom. The SMILES string of the molecule is Brc1ccc(CCc2ccco2)cc1.CC. The molecule has 1 nitrogen and oxygen atoms in total. The first-order valence-electron chi connectivity index (χ1n) is 5.61. The quantitative estimate of drug-likeness (QED) is 0.783. The lowest BCUT2D eigenvalue weighted by molar-refractivity contribution is 0.508. The van der Waals surface area contributed by atoms with Gasteiger partial charge in [0.1, 0.15) is 5.76 Å². The van der Waals surface area contributed by atoms with E-state index in [9.17, 15) is 0 Å². The van der Waals surface area contributed by atoms with Gasteiger partial charge in [0.2, 0.25) is 0 Å². The summed E-state index contributed by atoms with van der Waals surface area (Å²) in [5.41, 5.74) is 1.34. The van der Waals surface area contributed by atoms with Crippen LogP contribution in [-0.4, -0.2) is 0 Å². The third-order valence-electron chi connectivity index (χ3n) is 2.15. The van der Waals surface area contributed by atoms with Gasteiger partial charge in [-0.2, -0.15) is 0 Å². The summed E-state index contributed by atoms with van der Waals surface area (Å²) in [5.74, 6) is 1.05. The van der Waals surface area contributed by atoms with Gasteiger partial charge in [0.05, 0.1) is 6.26 Å². The number of furan rings is 1. The molecule has 0 spiro atoms. The molecule has 0 amide bonds. The summed E-state index contributed by atoms with van der Waals surface area (Å²) < 4.78 is 6.39. The molecule has 0 saturated heterocycles. The summed E-state index contributed by atoms with van der Waals surface area (Å²) in [6, 6.07) is 12.3. The van der Waals surface area contributed by atoms with Crippen LogP contribution in [0.2, 0.25) is 0 Å². The van der Waals surface area contributed by atoms with Crippen LogP contribution in [0.5, 0.6) is 0 Å². The van der Waals surface area contributed by atoms with Crippen LogP contribution in [0.4, 0.5) is 0 Å². The monoisotopic (exact) mass is 280 g/mol. The molecule has 1 heterocycles. The molecule has 0 radical (unpaired) electrons. The lowest BCUT2D eigenvalue weighted by Gasteiger charge is -1.99. The zero-order chi connectivity index (χ0) is 11.8. The highest BCUT2D eigenvalue weighted by molar-refractivity contribution is 9.10. The van der Waals surface area contributed by atoms with Gasteiger partial charge in [0.15, 0.2) is 0 Å². The number of aryl methyl sites for hydroxylation is 2. The first-order chi connectivity index (χ1) is 7.84. The van der Waals surface area contributed by atoms with Crippen molar-refractivity contribution in [2.45, 2.75) is 26.7 Å². The first kappa shape index (κ1) is 13.0. The van der Waals surface area contributed by atoms with Crippen molar-refractivity contribution in [2.75, 3.05) is 0 Å². The summed E-state index contributed by atoms with van der Waals surface area (Å²) in [5, 5.41) is 0. The molecule has 0 aliphatic heterocycles. The van der Waals surface area contributed by atoms with Gasteiger partial charge in [-0.25, -0.2) is 0 Å². The molecule has 0 aliphatic rings. The van der Waals surface area contributed by atoms with Crippen molar-refractivity contribution in [3.63, 3.8) is 0 Å². The molecule has 0 fully saturated rings. The molecule has 0 saturated carbocycles. The van der Waals surface area contributed by atoms with E-state index in [0.717, 1.165) is 23.1 Å². The highest BCUT2D eigenvalue weighted by Crippen LogP contribution is 2.12. The highest BCUT2D eigenvalue weighted by atomic mass is 79.9. The van der Waals surface area contributed by atoms with E-state index >= 15 is 0 Å². The third kappa shape index (κ3) is 4.23. The van der Waals surface area contributed by atoms with Crippen molar-refractivity contribution >= 4 is 15.9 Å². The van der Waals surface area contributed by atoms with E-state index in [0.29, 0.717) is 0 Å². The molecule has 0 N–H and O–H groups in total. The van der Waals surface area contributed by atoms with Crippen LogP contribution in [0.3, 0.4) is 0 Å². The minimum absolute atomic E-state index is 0.967. The van der Waals surface area contributed by atoms with Gasteiger partial charge in [-0.3, -0.25) is 0 Å². The Kier molecular flexibility index (Phi) is 5.94. The van der Waals surface area contributed by atoms with Crippen LogP contribution in [-0.2, 0) is 12.8 Å². The van der Waals surface area contributed by atoms with E-state index in [4.69, 9.17) is 4.42 Å². The number of halogens is 1. The Hall–Kier alpha value is -1.02. The first-order valence-corrected chi connectivity index (χ1v) is 6.41. The van der Waals surface area contributed by atoms with Crippen LogP contribution < -0.4 is 0 Å². The van der Waals surface area contributed by atoms with Gasteiger partial charge in [0.25, 0.3) is 0 Å². The normalized spacial score (nSPS) is 9.44. The maximum absolute atomic E-state index is 5.27. The lowest BCUT2D eigenvalue weighted by atomic mass is 10.1. The van der Waals surface area contributed by atoms with Crippen molar-refractivity contribution < 1.29 is 4.42 Å². The molecule has 86 valence electrons. The van der Waals surface area contributed by atoms with E-state index in [1.165, 1.54) is 5.56 Å². The molecule has 1 aromatic carbocycles. The van der Waals surface area contributed by atoms with Gasteiger partial charge in [-0.05, 0) is 36.2 Å². The minimum Gasteiger partial charge on any atom is -0.469 e. The summed E-state index contributed by atoms with van der Waals surface area (Å²) in [6.07, 6.45) is 3.71. The van der Waals surface area contributed by atoms with Gasteiger partial charge in [-0.1, -0.05) is 41.9 Å². The van der Waals surface area contributed by atoms with Crippen LogP contribution in [0.15, 0.2) is 51.6 Å². The second kappa shape index (κ2) is 7.29. The Balaban J connectivity index is 0.000000606. The van der Waals surface area contributed by atoms with Crippen molar-refractivity contribution in [1.29, 1.82) is 0 Å². The van der Waals surface area contributed by atoms with Crippen LogP contribution in [0.25, 0.3) is 0 Å². The molecule has 0 bridgehead atoms. The zero-order valence-electron chi connectivity index (χ0n) is 9.74. The molecule has 2 heteroatoms. The fraction of sp³-hybridized carbons (Fsp3) is 0.286. The summed E-state index contributed by atoms with van der Waals surface area (Å²) in [4.78, 5) is 0. The fourth-order valence-corrected chi connectivity index (χ4v) is 1.64. The molecular formula is C14H17BrO. The second-order valence-electron chi connectivity index (χ2n) is 3.21. The van der Waals surface area contributed by atoms with Gasteiger partial charge in [-0.15, -0.1) is 0 Å². The largest absolute Gasteiger partial charge is 0.469 e. The standard InChI is InChI=1S/C12H11BrO.C2H6/c13-11-6-3-10(4-7-11)5-8-12-2-1-9-14-12;1-2/h1-4,6-7,9H,5,8H2;1-2H3. The molecule has 1 aromatic heterocycles. The molecule has 0 atom stereocenters. The maximum Gasteiger partial charge on any atom is 0.104 e. The summed E-state index contributed by atoms with van der Waals surface area (Å²) in [7, 11) is 0. The summed E-state index contributed by atoms with van der Waals surface area (Å²) in [6.45, 7) is 4.00. The van der Waals surface area contributed by atoms with Crippen LogP contribution >= 0.6 is 15.9 Å². The average molecular weight is 281 g/mol. The number of hydrogen-bond donors (Lipinski definition) is 0. The Morgan fingerprint density at radius 2 is 1.69 bits per heavy atom. The minimum atomic E-state index is 0.967. The Labute approximate surface area is 106 Å². The third-order valence-corrected chi connectivity index (χ3v) is 2.68. The van der Waals surface area contributed by atoms with Crippen molar-refractivity contribution in [3.05, 3.63) is 58.5 Å². The van der Waals surface area contributed by atoms with Crippen molar-refractivity contribution in [3.8, 4) is 0 Å². The molecule has 2 rings (SSSR count). The predicted molar refractivity (Wildman–Crippen MR) is 71.6 cm³/mol. The van der Waals surface area contributed by atoms with E-state index in [-0.39, 0.29) is 0 Å². The second-order valence-corrected chi connectivity index (χ2v) is 4.12. The lowest BCUT2D eigenvalue weighted by Crippen LogP contribution is -1.88. The van der Waals surface area contributed by atoms with Gasteiger partial charge >= 0.3 is 0 Å². The molecule has 2 aromatic rings. The van der Waals surface area contributed by atoms with Crippen LogP contribution in [0, 0.1) is 0 Å². The van der Waals surface area contributed by atoms with E-state index in [2.05, 4.69) is 40.2 Å². The predicted octanol–water partition coefficient (Wildman–Crippen LogP) is 4.85. The highest BCUT2D eigenvalue weighted by Gasteiger charge is 1.97. The Morgan fingerprint density at radius 1 is 1.00 bits per heavy atom. The fourth-order valence-electron chi connectivity index (χ4n) is 1.37. The maximum atomic E-state index is 5.27. The van der Waals surface area contributed by atoms with Gasteiger partial charge in [0, 0.05) is 10.9 Å². The van der Waals surface area contributed by atoms with Crippen molar-refractivity contribution in [2.24, 2.45) is 0 Å². The average Bonchev–Trinajstić information content (AvgIpc) is 2.84. The Bertz CT molecular complexity index is 376. The van der Waals surface area contributed by atoms with Crippen molar-refractivity contribution in [1.82, 2.24) is 0 Å². The van der Waals surface area contributed by atoms with Gasteiger partial charge < -0.3 is 4.42 Å². The number of rotatable bonds is 3. The number of benzene rings is 1. The van der Waals surface area contributed by atoms with E-state index in [1.807, 2.05) is 26.0 Å².